The van der Waals surface area contributed by atoms with Crippen molar-refractivity contribution in [3.05, 3.63) is 94.4 Å². The lowest BCUT2D eigenvalue weighted by atomic mass is 10.0. The van der Waals surface area contributed by atoms with Crippen LogP contribution in [0.4, 0.5) is 0 Å². The quantitative estimate of drug-likeness (QED) is 0.695. The van der Waals surface area contributed by atoms with E-state index in [4.69, 9.17) is 4.42 Å². The number of rotatable bonds is 5. The zero-order chi connectivity index (χ0) is 19.5. The van der Waals surface area contributed by atoms with Crippen LogP contribution in [0.1, 0.15) is 43.4 Å². The Morgan fingerprint density at radius 3 is 2.39 bits per heavy atom. The maximum absolute atomic E-state index is 12.9. The summed E-state index contributed by atoms with van der Waals surface area (Å²) >= 11 is 0. The molecule has 0 saturated carbocycles. The van der Waals surface area contributed by atoms with Gasteiger partial charge in [0.05, 0.1) is 13.1 Å². The van der Waals surface area contributed by atoms with Gasteiger partial charge < -0.3 is 14.6 Å². The van der Waals surface area contributed by atoms with Crippen LogP contribution in [0.5, 0.6) is 0 Å². The number of nitrogens with zero attached hydrogens (tertiary/aromatic N) is 1. The molecular weight excluding hydrogens is 352 g/mol. The normalized spacial score (nSPS) is 13.2. The molecule has 1 amide bonds. The van der Waals surface area contributed by atoms with Gasteiger partial charge in [-0.25, -0.2) is 0 Å². The molecule has 5 heteroatoms. The average Bonchev–Trinajstić information content (AvgIpc) is 3.15. The van der Waals surface area contributed by atoms with Crippen LogP contribution in [0, 0.1) is 0 Å². The summed E-state index contributed by atoms with van der Waals surface area (Å²) in [6.45, 7) is 1.81. The third-order valence-electron chi connectivity index (χ3n) is 5.00. The third kappa shape index (κ3) is 3.62. The van der Waals surface area contributed by atoms with Crippen LogP contribution in [0.15, 0.2) is 65.1 Å². The van der Waals surface area contributed by atoms with E-state index < -0.39 is 0 Å². The Balaban J connectivity index is 1.47. The van der Waals surface area contributed by atoms with Gasteiger partial charge >= 0.3 is 0 Å². The second-order valence-electron chi connectivity index (χ2n) is 6.94. The standard InChI is InChI=1S/C23H22N2O3/c1-24-14-20-13-19-11-12-25(15-21(19)28-20)23(27)18-9-7-17(8-10-18)22(26)16-5-3-2-4-6-16/h2-10,13,24H,11-12,14-15H2,1H3. The van der Waals surface area contributed by atoms with Gasteiger partial charge in [0.25, 0.3) is 5.91 Å². The van der Waals surface area contributed by atoms with E-state index in [2.05, 4.69) is 11.4 Å². The van der Waals surface area contributed by atoms with Crippen LogP contribution in [-0.4, -0.2) is 30.2 Å². The van der Waals surface area contributed by atoms with E-state index in [9.17, 15) is 9.59 Å². The van der Waals surface area contributed by atoms with Gasteiger partial charge in [0.15, 0.2) is 5.78 Å². The molecule has 4 rings (SSSR count). The van der Waals surface area contributed by atoms with Gasteiger partial charge in [-0.2, -0.15) is 0 Å². The lowest BCUT2D eigenvalue weighted by Crippen LogP contribution is -2.35. The second kappa shape index (κ2) is 7.82. The molecule has 0 atom stereocenters. The van der Waals surface area contributed by atoms with Crippen molar-refractivity contribution in [2.75, 3.05) is 13.6 Å². The van der Waals surface area contributed by atoms with Gasteiger partial charge in [-0.05, 0) is 37.2 Å². The predicted molar refractivity (Wildman–Crippen MR) is 106 cm³/mol. The van der Waals surface area contributed by atoms with Crippen LogP contribution in [0.25, 0.3) is 0 Å². The van der Waals surface area contributed by atoms with Crippen LogP contribution in [-0.2, 0) is 19.5 Å². The van der Waals surface area contributed by atoms with Crippen molar-refractivity contribution in [1.82, 2.24) is 10.2 Å². The first-order valence-electron chi connectivity index (χ1n) is 9.40. The molecule has 0 unspecified atom stereocenters. The van der Waals surface area contributed by atoms with E-state index in [0.717, 1.165) is 17.9 Å². The summed E-state index contributed by atoms with van der Waals surface area (Å²) in [5.74, 6) is 1.66. The highest BCUT2D eigenvalue weighted by Crippen LogP contribution is 2.24. The van der Waals surface area contributed by atoms with Gasteiger partial charge in [-0.15, -0.1) is 0 Å². The summed E-state index contributed by atoms with van der Waals surface area (Å²) < 4.78 is 5.86. The molecular formula is C23H22N2O3. The maximum atomic E-state index is 12.9. The van der Waals surface area contributed by atoms with Gasteiger partial charge in [-0.1, -0.05) is 42.5 Å². The topological polar surface area (TPSA) is 62.6 Å². The largest absolute Gasteiger partial charge is 0.463 e. The molecule has 0 radical (unpaired) electrons. The number of nitrogens with one attached hydrogen (secondary N) is 1. The summed E-state index contributed by atoms with van der Waals surface area (Å²) in [6, 6.07) is 18.1. The van der Waals surface area contributed by atoms with E-state index in [-0.39, 0.29) is 11.7 Å². The molecule has 0 spiro atoms. The molecule has 0 aliphatic carbocycles. The molecule has 28 heavy (non-hydrogen) atoms. The Morgan fingerprint density at radius 2 is 1.68 bits per heavy atom. The first-order chi connectivity index (χ1) is 13.7. The second-order valence-corrected chi connectivity index (χ2v) is 6.94. The molecule has 0 bridgehead atoms. The molecule has 0 saturated heterocycles. The van der Waals surface area contributed by atoms with Crippen molar-refractivity contribution in [2.45, 2.75) is 19.5 Å². The van der Waals surface area contributed by atoms with Crippen LogP contribution < -0.4 is 5.32 Å². The predicted octanol–water partition coefficient (Wildman–Crippen LogP) is 3.43. The number of benzene rings is 2. The first kappa shape index (κ1) is 18.2. The highest BCUT2D eigenvalue weighted by molar-refractivity contribution is 6.09. The molecule has 2 heterocycles. The van der Waals surface area contributed by atoms with E-state index in [1.807, 2.05) is 25.2 Å². The van der Waals surface area contributed by atoms with Gasteiger partial charge in [0.2, 0.25) is 0 Å². The average molecular weight is 374 g/mol. The molecule has 2 aromatic carbocycles. The van der Waals surface area contributed by atoms with Gasteiger partial charge in [0.1, 0.15) is 11.5 Å². The maximum Gasteiger partial charge on any atom is 0.254 e. The number of furan rings is 1. The number of amides is 1. The fraction of sp³-hybridized carbons (Fsp3) is 0.217. The molecule has 142 valence electrons. The molecule has 3 aromatic rings. The highest BCUT2D eigenvalue weighted by Gasteiger charge is 2.25. The minimum absolute atomic E-state index is 0.0454. The minimum Gasteiger partial charge on any atom is -0.463 e. The Kier molecular flexibility index (Phi) is 5.08. The number of carbonyl (C=O) groups is 2. The van der Waals surface area contributed by atoms with Crippen molar-refractivity contribution < 1.29 is 14.0 Å². The van der Waals surface area contributed by atoms with Crippen LogP contribution in [0.2, 0.25) is 0 Å². The van der Waals surface area contributed by atoms with E-state index in [1.54, 1.807) is 41.3 Å². The van der Waals surface area contributed by atoms with E-state index in [0.29, 0.717) is 36.3 Å². The summed E-state index contributed by atoms with van der Waals surface area (Å²) in [7, 11) is 1.88. The smallest absolute Gasteiger partial charge is 0.254 e. The zero-order valence-corrected chi connectivity index (χ0v) is 15.8. The number of hydrogen-bond donors (Lipinski definition) is 1. The fourth-order valence-corrected chi connectivity index (χ4v) is 3.52. The van der Waals surface area contributed by atoms with Crippen molar-refractivity contribution in [3.8, 4) is 0 Å². The first-order valence-corrected chi connectivity index (χ1v) is 9.40. The zero-order valence-electron chi connectivity index (χ0n) is 15.8. The SMILES string of the molecule is CNCc1cc2c(o1)CN(C(=O)c1ccc(C(=O)c3ccccc3)cc1)CC2. The summed E-state index contributed by atoms with van der Waals surface area (Å²) in [5.41, 5.74) is 2.97. The molecule has 1 aromatic heterocycles. The Hall–Kier alpha value is -3.18. The van der Waals surface area contributed by atoms with Crippen molar-refractivity contribution in [1.29, 1.82) is 0 Å². The number of carbonyl (C=O) groups excluding carboxylic acids is 2. The monoisotopic (exact) mass is 374 g/mol. The minimum atomic E-state index is -0.0464. The van der Waals surface area contributed by atoms with Crippen LogP contribution >= 0.6 is 0 Å². The fourth-order valence-electron chi connectivity index (χ4n) is 3.52. The number of ketones is 1. The molecule has 1 aliphatic heterocycles. The molecule has 1 aliphatic rings. The molecule has 0 fully saturated rings. The van der Waals surface area contributed by atoms with Gasteiger partial charge in [-0.3, -0.25) is 9.59 Å². The number of fused-ring (bicyclic) bond motifs is 1. The molecule has 5 nitrogen and oxygen atoms in total. The summed E-state index contributed by atoms with van der Waals surface area (Å²) in [4.78, 5) is 27.2. The highest BCUT2D eigenvalue weighted by atomic mass is 16.3. The summed E-state index contributed by atoms with van der Waals surface area (Å²) in [5, 5.41) is 3.08. The van der Waals surface area contributed by atoms with E-state index >= 15 is 0 Å². The summed E-state index contributed by atoms with van der Waals surface area (Å²) in [6.07, 6.45) is 0.791. The van der Waals surface area contributed by atoms with E-state index in [1.165, 1.54) is 5.56 Å². The van der Waals surface area contributed by atoms with Gasteiger partial charge in [0, 0.05) is 23.2 Å². The Morgan fingerprint density at radius 1 is 1.00 bits per heavy atom. The Labute approximate surface area is 164 Å². The lowest BCUT2D eigenvalue weighted by molar-refractivity contribution is 0.0719. The van der Waals surface area contributed by atoms with Crippen molar-refractivity contribution >= 4 is 11.7 Å². The van der Waals surface area contributed by atoms with Crippen molar-refractivity contribution in [2.24, 2.45) is 0 Å². The van der Waals surface area contributed by atoms with Crippen LogP contribution in [0.3, 0.4) is 0 Å². The molecule has 1 N–H and O–H groups in total. The third-order valence-corrected chi connectivity index (χ3v) is 5.00. The number of hydrogen-bond acceptors (Lipinski definition) is 4. The lowest BCUT2D eigenvalue weighted by Gasteiger charge is -2.26. The van der Waals surface area contributed by atoms with Crippen molar-refractivity contribution in [3.63, 3.8) is 0 Å². The Bertz CT molecular complexity index is 990.